The van der Waals surface area contributed by atoms with Gasteiger partial charge in [0.15, 0.2) is 0 Å². The first kappa shape index (κ1) is 18.3. The number of hydrogen-bond donors (Lipinski definition) is 1. The Bertz CT molecular complexity index is 663. The van der Waals surface area contributed by atoms with Crippen molar-refractivity contribution in [2.75, 3.05) is 6.61 Å². The van der Waals surface area contributed by atoms with Gasteiger partial charge in [0.25, 0.3) is 0 Å². The molecule has 0 saturated heterocycles. The highest BCUT2D eigenvalue weighted by Crippen LogP contribution is 2.72. The highest BCUT2D eigenvalue weighted by atomic mass is 32.1. The van der Waals surface area contributed by atoms with E-state index in [2.05, 4.69) is 97.9 Å². The summed E-state index contributed by atoms with van der Waals surface area (Å²) in [7, 11) is 0.758. The molecule has 0 saturated carbocycles. The first-order valence-corrected chi connectivity index (χ1v) is 12.4. The second kappa shape index (κ2) is 8.72. The molecule has 0 aromatic heterocycles. The van der Waals surface area contributed by atoms with Crippen molar-refractivity contribution in [3.63, 3.8) is 0 Å². The van der Waals surface area contributed by atoms with Gasteiger partial charge in [0.05, 0.1) is 8.27 Å². The van der Waals surface area contributed by atoms with Gasteiger partial charge in [-0.15, -0.1) is 0 Å². The number of hydrogen-bond acceptors (Lipinski definition) is 1. The fourth-order valence-corrected chi connectivity index (χ4v) is 12.4. The molecular weight excluding hydrogens is 342 g/mol. The van der Waals surface area contributed by atoms with Crippen LogP contribution in [0.1, 0.15) is 13.3 Å². The van der Waals surface area contributed by atoms with E-state index >= 15 is 0 Å². The first-order chi connectivity index (χ1) is 12.3. The van der Waals surface area contributed by atoms with Gasteiger partial charge in [0.2, 0.25) is 0 Å². The Hall–Kier alpha value is -1.52. The van der Waals surface area contributed by atoms with Crippen LogP contribution in [-0.4, -0.2) is 17.4 Å². The number of benzene rings is 3. The van der Waals surface area contributed by atoms with E-state index in [1.165, 1.54) is 15.9 Å². The minimum atomic E-state index is -1.72. The molecule has 3 aromatic rings. The summed E-state index contributed by atoms with van der Waals surface area (Å²) in [6.45, 7) is 0.810. The Kier molecular flexibility index (Phi) is 6.38. The minimum Gasteiger partial charge on any atom is -0.396 e. The zero-order chi connectivity index (χ0) is 17.5. The number of aliphatic hydroxyl groups is 1. The Morgan fingerprint density at radius 2 is 1.08 bits per heavy atom. The van der Waals surface area contributed by atoms with Gasteiger partial charge in [-0.3, -0.25) is 0 Å². The smallest absolute Gasteiger partial charge is 0.127 e. The molecule has 25 heavy (non-hydrogen) atoms. The van der Waals surface area contributed by atoms with E-state index in [9.17, 15) is 5.11 Å². The molecule has 0 bridgehead atoms. The Morgan fingerprint density at radius 3 is 1.40 bits per heavy atom. The topological polar surface area (TPSA) is 20.2 Å². The van der Waals surface area contributed by atoms with Crippen LogP contribution < -0.4 is 15.9 Å². The Balaban J connectivity index is 2.24. The molecule has 3 aromatic carbocycles. The molecule has 0 amide bonds. The molecular formula is C22H25OP2+. The van der Waals surface area contributed by atoms with E-state index in [0.717, 1.165) is 14.7 Å². The van der Waals surface area contributed by atoms with Gasteiger partial charge < -0.3 is 5.11 Å². The van der Waals surface area contributed by atoms with E-state index in [-0.39, 0.29) is 6.61 Å². The lowest BCUT2D eigenvalue weighted by molar-refractivity contribution is 0.288. The van der Waals surface area contributed by atoms with Crippen LogP contribution in [0.15, 0.2) is 91.0 Å². The number of aliphatic hydroxyl groups excluding tert-OH is 1. The van der Waals surface area contributed by atoms with Gasteiger partial charge >= 0.3 is 0 Å². The normalized spacial score (nSPS) is 13.2. The van der Waals surface area contributed by atoms with Crippen LogP contribution in [0.2, 0.25) is 0 Å². The summed E-state index contributed by atoms with van der Waals surface area (Å²) in [5.74, 6) is 0. The van der Waals surface area contributed by atoms with Crippen molar-refractivity contribution in [2.45, 2.75) is 19.0 Å². The van der Waals surface area contributed by atoms with Gasteiger partial charge in [0, 0.05) is 12.3 Å². The Labute approximate surface area is 153 Å². The van der Waals surface area contributed by atoms with Crippen LogP contribution in [0, 0.1) is 0 Å². The van der Waals surface area contributed by atoms with E-state index in [0.29, 0.717) is 5.66 Å². The summed E-state index contributed by atoms with van der Waals surface area (Å²) < 4.78 is 0. The average molecular weight is 367 g/mol. The average Bonchev–Trinajstić information content (AvgIpc) is 2.68. The first-order valence-electron chi connectivity index (χ1n) is 8.72. The van der Waals surface area contributed by atoms with Crippen LogP contribution in [0.25, 0.3) is 0 Å². The summed E-state index contributed by atoms with van der Waals surface area (Å²) in [4.78, 5) is 0. The van der Waals surface area contributed by atoms with Crippen molar-refractivity contribution in [3.05, 3.63) is 91.0 Å². The van der Waals surface area contributed by atoms with Crippen LogP contribution in [0.3, 0.4) is 0 Å². The lowest BCUT2D eigenvalue weighted by atomic mass is 10.3. The van der Waals surface area contributed by atoms with E-state index in [1.807, 2.05) is 0 Å². The van der Waals surface area contributed by atoms with Crippen molar-refractivity contribution in [3.8, 4) is 0 Å². The highest BCUT2D eigenvalue weighted by Gasteiger charge is 2.46. The van der Waals surface area contributed by atoms with Gasteiger partial charge in [0.1, 0.15) is 22.9 Å². The third kappa shape index (κ3) is 4.01. The summed E-state index contributed by atoms with van der Waals surface area (Å²) in [5.41, 5.74) is 0.485. The molecule has 0 aliphatic carbocycles. The number of rotatable bonds is 7. The molecule has 0 aliphatic rings. The molecule has 2 atom stereocenters. The fraction of sp³-hybridized carbons (Fsp3) is 0.182. The van der Waals surface area contributed by atoms with Crippen LogP contribution in [-0.2, 0) is 0 Å². The second-order valence-electron chi connectivity index (χ2n) is 6.22. The van der Waals surface area contributed by atoms with Gasteiger partial charge in [-0.2, -0.15) is 0 Å². The van der Waals surface area contributed by atoms with Crippen molar-refractivity contribution < 1.29 is 5.11 Å². The summed E-state index contributed by atoms with van der Waals surface area (Å²) in [5, 5.41) is 13.7. The molecule has 0 fully saturated rings. The zero-order valence-electron chi connectivity index (χ0n) is 14.5. The van der Waals surface area contributed by atoms with Crippen molar-refractivity contribution in [1.82, 2.24) is 0 Å². The fourth-order valence-electron chi connectivity index (χ4n) is 3.21. The van der Waals surface area contributed by atoms with Crippen molar-refractivity contribution in [2.24, 2.45) is 0 Å². The second-order valence-corrected chi connectivity index (χ2v) is 13.1. The largest absolute Gasteiger partial charge is 0.396 e. The molecule has 3 heteroatoms. The van der Waals surface area contributed by atoms with Crippen LogP contribution >= 0.6 is 15.2 Å². The van der Waals surface area contributed by atoms with Gasteiger partial charge in [-0.25, -0.2) is 0 Å². The molecule has 0 aliphatic heterocycles. The minimum absolute atomic E-state index is 0.256. The van der Waals surface area contributed by atoms with Crippen molar-refractivity contribution >= 4 is 31.1 Å². The molecule has 3 rings (SSSR count). The maximum Gasteiger partial charge on any atom is 0.127 e. The van der Waals surface area contributed by atoms with Gasteiger partial charge in [-0.05, 0) is 42.8 Å². The molecule has 1 nitrogen and oxygen atoms in total. The summed E-state index contributed by atoms with van der Waals surface area (Å²) in [6.07, 6.45) is 0.854. The summed E-state index contributed by atoms with van der Waals surface area (Å²) >= 11 is 0. The molecule has 1 N–H and O–H groups in total. The van der Waals surface area contributed by atoms with E-state index in [1.54, 1.807) is 0 Å². The van der Waals surface area contributed by atoms with Crippen LogP contribution in [0.4, 0.5) is 0 Å². The predicted octanol–water partition coefficient (Wildman–Crippen LogP) is 4.34. The molecule has 0 heterocycles. The lowest BCUT2D eigenvalue weighted by Crippen LogP contribution is -2.29. The third-order valence-corrected chi connectivity index (χ3v) is 13.5. The quantitative estimate of drug-likeness (QED) is 0.616. The van der Waals surface area contributed by atoms with E-state index < -0.39 is 6.95 Å². The zero-order valence-corrected chi connectivity index (χ0v) is 16.4. The van der Waals surface area contributed by atoms with Gasteiger partial charge in [-0.1, -0.05) is 61.5 Å². The van der Waals surface area contributed by atoms with E-state index in [4.69, 9.17) is 0 Å². The van der Waals surface area contributed by atoms with Crippen LogP contribution in [0.5, 0.6) is 0 Å². The third-order valence-electron chi connectivity index (χ3n) is 4.41. The Morgan fingerprint density at radius 1 is 0.720 bits per heavy atom. The van der Waals surface area contributed by atoms with Crippen molar-refractivity contribution in [1.29, 1.82) is 0 Å². The summed E-state index contributed by atoms with van der Waals surface area (Å²) in [6, 6.07) is 32.9. The highest BCUT2D eigenvalue weighted by molar-refractivity contribution is 8.42. The standard InChI is InChI=1S/C22H25OP2/c1-19(17-18-23)24-25(20-11-5-2-6-12-20,21-13-7-3-8-14-21)22-15-9-4-10-16-22/h2-16,19,23-24H,17-18H2,1H3/q+1. The molecule has 128 valence electrons. The maximum atomic E-state index is 9.46. The monoisotopic (exact) mass is 367 g/mol. The maximum absolute atomic E-state index is 9.46. The SMILES string of the molecule is CC(CCO)P[P+](c1ccccc1)(c1ccccc1)c1ccccc1. The predicted molar refractivity (Wildman–Crippen MR) is 115 cm³/mol. The molecule has 0 radical (unpaired) electrons. The molecule has 2 unspecified atom stereocenters. The lowest BCUT2D eigenvalue weighted by Gasteiger charge is -2.29. The molecule has 0 spiro atoms.